The van der Waals surface area contributed by atoms with Crippen molar-refractivity contribution in [2.45, 2.75) is 52.0 Å². The largest absolute Gasteiger partial charge is 0.298 e. The molecular formula is C15H25N3O. The van der Waals surface area contributed by atoms with Gasteiger partial charge in [-0.25, -0.2) is 0 Å². The van der Waals surface area contributed by atoms with Gasteiger partial charge in [-0.3, -0.25) is 14.4 Å². The van der Waals surface area contributed by atoms with Gasteiger partial charge in [0.2, 0.25) is 0 Å². The van der Waals surface area contributed by atoms with Crippen LogP contribution in [0, 0.1) is 0 Å². The van der Waals surface area contributed by atoms with E-state index in [4.69, 9.17) is 0 Å². The zero-order valence-corrected chi connectivity index (χ0v) is 12.3. The molecule has 4 heteroatoms. The summed E-state index contributed by atoms with van der Waals surface area (Å²) in [6.07, 6.45) is 7.09. The molecular weight excluding hydrogens is 238 g/mol. The lowest BCUT2D eigenvalue weighted by atomic mass is 10.0. The Kier molecular flexibility index (Phi) is 4.75. The Hall–Kier alpha value is -1.16. The molecule has 19 heavy (non-hydrogen) atoms. The molecule has 0 aromatic carbocycles. The molecule has 2 heterocycles. The second-order valence-electron chi connectivity index (χ2n) is 5.83. The molecule has 4 nitrogen and oxygen atoms in total. The van der Waals surface area contributed by atoms with E-state index < -0.39 is 0 Å². The second kappa shape index (κ2) is 6.33. The number of nitrogens with zero attached hydrogens (tertiary/aromatic N) is 3. The zero-order valence-electron chi connectivity index (χ0n) is 12.3. The number of hydrogen-bond acceptors (Lipinski definition) is 3. The summed E-state index contributed by atoms with van der Waals surface area (Å²) in [4.78, 5) is 13.8. The maximum Gasteiger partial charge on any atom is 0.146 e. The standard InChI is InChI=1S/C15H25N3O/c1-4-15(19)11-17-7-5-6-14(10-17)18-9-13(8-16-18)12(2)3/h8-9,12,14H,4-7,10-11H2,1-3H3. The van der Waals surface area contributed by atoms with Crippen LogP contribution in [0.15, 0.2) is 12.4 Å². The first-order valence-corrected chi connectivity index (χ1v) is 7.38. The van der Waals surface area contributed by atoms with Gasteiger partial charge in [0.25, 0.3) is 0 Å². The smallest absolute Gasteiger partial charge is 0.146 e. The lowest BCUT2D eigenvalue weighted by Crippen LogP contribution is -2.39. The molecule has 1 saturated heterocycles. The molecule has 1 unspecified atom stereocenters. The summed E-state index contributed by atoms with van der Waals surface area (Å²) >= 11 is 0. The fraction of sp³-hybridized carbons (Fsp3) is 0.733. The molecule has 0 spiro atoms. The molecule has 0 aliphatic carbocycles. The molecule has 1 aromatic heterocycles. The molecule has 0 saturated carbocycles. The van der Waals surface area contributed by atoms with E-state index in [1.54, 1.807) is 0 Å². The fourth-order valence-electron chi connectivity index (χ4n) is 2.60. The monoisotopic (exact) mass is 263 g/mol. The quantitative estimate of drug-likeness (QED) is 0.819. The van der Waals surface area contributed by atoms with E-state index in [0.29, 0.717) is 30.7 Å². The molecule has 2 rings (SSSR count). The first-order chi connectivity index (χ1) is 9.10. The Labute approximate surface area is 115 Å². The number of aromatic nitrogens is 2. The average Bonchev–Trinajstić information content (AvgIpc) is 2.88. The molecule has 1 fully saturated rings. The fourth-order valence-corrected chi connectivity index (χ4v) is 2.60. The molecule has 0 bridgehead atoms. The van der Waals surface area contributed by atoms with Crippen LogP contribution in [0.5, 0.6) is 0 Å². The summed E-state index contributed by atoms with van der Waals surface area (Å²) in [7, 11) is 0. The molecule has 1 atom stereocenters. The highest BCUT2D eigenvalue weighted by Gasteiger charge is 2.23. The minimum atomic E-state index is 0.337. The number of piperidine rings is 1. The van der Waals surface area contributed by atoms with Gasteiger partial charge in [-0.15, -0.1) is 0 Å². The number of rotatable bonds is 5. The number of carbonyl (C=O) groups is 1. The van der Waals surface area contributed by atoms with Gasteiger partial charge in [0.15, 0.2) is 0 Å². The minimum Gasteiger partial charge on any atom is -0.298 e. The highest BCUT2D eigenvalue weighted by Crippen LogP contribution is 2.23. The van der Waals surface area contributed by atoms with Crippen LogP contribution in [0.25, 0.3) is 0 Å². The highest BCUT2D eigenvalue weighted by atomic mass is 16.1. The number of Topliss-reactive ketones (excluding diaryl/α,β-unsaturated/α-hetero) is 1. The molecule has 106 valence electrons. The summed E-state index contributed by atoms with van der Waals surface area (Å²) in [5.41, 5.74) is 1.29. The van der Waals surface area contributed by atoms with Gasteiger partial charge in [0, 0.05) is 19.2 Å². The van der Waals surface area contributed by atoms with Crippen molar-refractivity contribution in [2.24, 2.45) is 0 Å². The van der Waals surface area contributed by atoms with Crippen LogP contribution in [0.3, 0.4) is 0 Å². The lowest BCUT2D eigenvalue weighted by molar-refractivity contribution is -0.120. The summed E-state index contributed by atoms with van der Waals surface area (Å²) in [5, 5.41) is 4.50. The third-order valence-corrected chi connectivity index (χ3v) is 3.94. The summed E-state index contributed by atoms with van der Waals surface area (Å²) in [5.74, 6) is 0.860. The minimum absolute atomic E-state index is 0.337. The van der Waals surface area contributed by atoms with Crippen molar-refractivity contribution in [3.63, 3.8) is 0 Å². The van der Waals surface area contributed by atoms with Crippen molar-refractivity contribution in [1.29, 1.82) is 0 Å². The molecule has 1 aliphatic heterocycles. The number of ketones is 1. The van der Waals surface area contributed by atoms with Crippen molar-refractivity contribution >= 4 is 5.78 Å². The average molecular weight is 263 g/mol. The predicted molar refractivity (Wildman–Crippen MR) is 76.3 cm³/mol. The van der Waals surface area contributed by atoms with Gasteiger partial charge >= 0.3 is 0 Å². The summed E-state index contributed by atoms with van der Waals surface area (Å²) < 4.78 is 2.10. The first-order valence-electron chi connectivity index (χ1n) is 7.38. The number of likely N-dealkylation sites (tertiary alicyclic amines) is 1. The van der Waals surface area contributed by atoms with Crippen molar-refractivity contribution in [1.82, 2.24) is 14.7 Å². The van der Waals surface area contributed by atoms with E-state index in [1.165, 1.54) is 5.56 Å². The summed E-state index contributed by atoms with van der Waals surface area (Å²) in [6, 6.07) is 0.422. The van der Waals surface area contributed by atoms with E-state index >= 15 is 0 Å². The molecule has 0 N–H and O–H groups in total. The van der Waals surface area contributed by atoms with Crippen LogP contribution >= 0.6 is 0 Å². The lowest BCUT2D eigenvalue weighted by Gasteiger charge is -2.32. The zero-order chi connectivity index (χ0) is 13.8. The van der Waals surface area contributed by atoms with Gasteiger partial charge in [0.05, 0.1) is 18.8 Å². The SMILES string of the molecule is CCC(=O)CN1CCCC(n2cc(C(C)C)cn2)C1. The maximum atomic E-state index is 11.6. The maximum absolute atomic E-state index is 11.6. The van der Waals surface area contributed by atoms with Crippen molar-refractivity contribution in [3.8, 4) is 0 Å². The Morgan fingerprint density at radius 1 is 1.53 bits per heavy atom. The van der Waals surface area contributed by atoms with Crippen molar-refractivity contribution < 1.29 is 4.79 Å². The molecule has 1 aromatic rings. The second-order valence-corrected chi connectivity index (χ2v) is 5.83. The van der Waals surface area contributed by atoms with E-state index in [2.05, 4.69) is 34.7 Å². The van der Waals surface area contributed by atoms with Crippen LogP contribution in [0.4, 0.5) is 0 Å². The molecule has 1 aliphatic rings. The Morgan fingerprint density at radius 3 is 2.95 bits per heavy atom. The molecule has 0 amide bonds. The topological polar surface area (TPSA) is 38.1 Å². The van der Waals surface area contributed by atoms with Crippen LogP contribution in [0.2, 0.25) is 0 Å². The Balaban J connectivity index is 1.98. The van der Waals surface area contributed by atoms with Gasteiger partial charge in [-0.1, -0.05) is 20.8 Å². The predicted octanol–water partition coefficient (Wildman–Crippen LogP) is 2.62. The number of carbonyl (C=O) groups excluding carboxylic acids is 1. The van der Waals surface area contributed by atoms with E-state index in [0.717, 1.165) is 25.9 Å². The Bertz CT molecular complexity index is 425. The van der Waals surface area contributed by atoms with Crippen LogP contribution in [-0.4, -0.2) is 40.1 Å². The Morgan fingerprint density at radius 2 is 2.32 bits per heavy atom. The number of hydrogen-bond donors (Lipinski definition) is 0. The molecule has 0 radical (unpaired) electrons. The third kappa shape index (κ3) is 3.66. The highest BCUT2D eigenvalue weighted by molar-refractivity contribution is 5.80. The van der Waals surface area contributed by atoms with Crippen LogP contribution in [-0.2, 0) is 4.79 Å². The van der Waals surface area contributed by atoms with Gasteiger partial charge in [0.1, 0.15) is 5.78 Å². The van der Waals surface area contributed by atoms with E-state index in [-0.39, 0.29) is 0 Å². The third-order valence-electron chi connectivity index (χ3n) is 3.94. The van der Waals surface area contributed by atoms with Crippen LogP contribution in [0.1, 0.15) is 57.6 Å². The van der Waals surface area contributed by atoms with Gasteiger partial charge in [-0.05, 0) is 30.9 Å². The normalized spacial score (nSPS) is 20.9. The van der Waals surface area contributed by atoms with Gasteiger partial charge < -0.3 is 0 Å². The summed E-state index contributed by atoms with van der Waals surface area (Å²) in [6.45, 7) is 8.91. The van der Waals surface area contributed by atoms with Gasteiger partial charge in [-0.2, -0.15) is 5.10 Å². The van der Waals surface area contributed by atoms with Crippen molar-refractivity contribution in [2.75, 3.05) is 19.6 Å². The van der Waals surface area contributed by atoms with E-state index in [1.807, 2.05) is 13.1 Å². The van der Waals surface area contributed by atoms with Crippen LogP contribution < -0.4 is 0 Å². The van der Waals surface area contributed by atoms with Crippen molar-refractivity contribution in [3.05, 3.63) is 18.0 Å². The first kappa shape index (κ1) is 14.3. The van der Waals surface area contributed by atoms with E-state index in [9.17, 15) is 4.79 Å².